The Bertz CT molecular complexity index is 735. The topological polar surface area (TPSA) is 79.4 Å². The van der Waals surface area contributed by atoms with Crippen molar-refractivity contribution in [2.24, 2.45) is 0 Å². The molecule has 0 spiro atoms. The van der Waals surface area contributed by atoms with Gasteiger partial charge in [0.25, 0.3) is 5.91 Å². The number of ether oxygens (including phenoxy) is 1. The fraction of sp³-hybridized carbons (Fsp3) is 0.353. The van der Waals surface area contributed by atoms with Gasteiger partial charge in [0.2, 0.25) is 5.95 Å². The standard InChI is InChI=1S/C17H22ClN5O2/c1-11-7-14(15(25-4)8-13(11)18)22-16(24)12-9-20-17(21-10-12)19-5-6-23(2)3/h7-10H,5-6H2,1-4H3,(H,22,24)(H,19,20,21). The molecular weight excluding hydrogens is 342 g/mol. The van der Waals surface area contributed by atoms with Gasteiger partial charge in [-0.2, -0.15) is 0 Å². The molecule has 25 heavy (non-hydrogen) atoms. The molecular formula is C17H22ClN5O2. The van der Waals surface area contributed by atoms with E-state index in [1.807, 2.05) is 21.0 Å². The van der Waals surface area contributed by atoms with Crippen molar-refractivity contribution in [2.45, 2.75) is 6.92 Å². The van der Waals surface area contributed by atoms with Crippen molar-refractivity contribution in [1.82, 2.24) is 14.9 Å². The Balaban J connectivity index is 2.05. The monoisotopic (exact) mass is 363 g/mol. The summed E-state index contributed by atoms with van der Waals surface area (Å²) in [5, 5.41) is 6.46. The van der Waals surface area contributed by atoms with E-state index in [0.717, 1.165) is 18.7 Å². The molecule has 0 atom stereocenters. The number of carbonyl (C=O) groups excluding carboxylic acids is 1. The number of halogens is 1. The summed E-state index contributed by atoms with van der Waals surface area (Å²) in [6.45, 7) is 3.44. The van der Waals surface area contributed by atoms with E-state index in [1.54, 1.807) is 12.1 Å². The first-order valence-electron chi connectivity index (χ1n) is 7.77. The van der Waals surface area contributed by atoms with Crippen LogP contribution in [0.4, 0.5) is 11.6 Å². The highest BCUT2D eigenvalue weighted by Crippen LogP contribution is 2.31. The average Bonchev–Trinajstić information content (AvgIpc) is 2.58. The van der Waals surface area contributed by atoms with E-state index in [9.17, 15) is 4.79 Å². The number of amides is 1. The van der Waals surface area contributed by atoms with Crippen LogP contribution in [-0.2, 0) is 0 Å². The van der Waals surface area contributed by atoms with Crippen molar-refractivity contribution in [1.29, 1.82) is 0 Å². The number of carbonyl (C=O) groups is 1. The number of aromatic nitrogens is 2. The smallest absolute Gasteiger partial charge is 0.258 e. The summed E-state index contributed by atoms with van der Waals surface area (Å²) in [6, 6.07) is 3.43. The van der Waals surface area contributed by atoms with Crippen LogP contribution in [0.3, 0.4) is 0 Å². The van der Waals surface area contributed by atoms with Crippen LogP contribution in [0, 0.1) is 6.92 Å². The van der Waals surface area contributed by atoms with Crippen LogP contribution in [0.15, 0.2) is 24.5 Å². The minimum absolute atomic E-state index is 0.320. The number of nitrogens with one attached hydrogen (secondary N) is 2. The van der Waals surface area contributed by atoms with E-state index >= 15 is 0 Å². The van der Waals surface area contributed by atoms with Crippen LogP contribution < -0.4 is 15.4 Å². The van der Waals surface area contributed by atoms with E-state index in [2.05, 4.69) is 25.5 Å². The van der Waals surface area contributed by atoms with Gasteiger partial charge in [0.05, 0.1) is 18.4 Å². The van der Waals surface area contributed by atoms with Gasteiger partial charge in [-0.1, -0.05) is 11.6 Å². The maximum atomic E-state index is 12.4. The lowest BCUT2D eigenvalue weighted by Crippen LogP contribution is -2.21. The van der Waals surface area contributed by atoms with Gasteiger partial charge < -0.3 is 20.3 Å². The van der Waals surface area contributed by atoms with Gasteiger partial charge in [0, 0.05) is 36.6 Å². The highest BCUT2D eigenvalue weighted by Gasteiger charge is 2.13. The molecule has 8 heteroatoms. The fourth-order valence-electron chi connectivity index (χ4n) is 2.05. The summed E-state index contributed by atoms with van der Waals surface area (Å²) in [6.07, 6.45) is 2.96. The average molecular weight is 364 g/mol. The first kappa shape index (κ1) is 19.0. The molecule has 1 aromatic carbocycles. The van der Waals surface area contributed by atoms with Crippen LogP contribution >= 0.6 is 11.6 Å². The number of anilines is 2. The van der Waals surface area contributed by atoms with Crippen molar-refractivity contribution in [3.05, 3.63) is 40.7 Å². The van der Waals surface area contributed by atoms with Crippen molar-refractivity contribution in [2.75, 3.05) is 44.9 Å². The quantitative estimate of drug-likeness (QED) is 0.787. The molecule has 2 aromatic rings. The zero-order chi connectivity index (χ0) is 18.4. The van der Waals surface area contributed by atoms with Crippen molar-refractivity contribution < 1.29 is 9.53 Å². The van der Waals surface area contributed by atoms with Crippen LogP contribution in [0.25, 0.3) is 0 Å². The molecule has 0 aliphatic rings. The van der Waals surface area contributed by atoms with Crippen LogP contribution in [0.5, 0.6) is 5.75 Å². The molecule has 1 amide bonds. The van der Waals surface area contributed by atoms with E-state index < -0.39 is 0 Å². The molecule has 0 fully saturated rings. The fourth-order valence-corrected chi connectivity index (χ4v) is 2.21. The second-order valence-corrected chi connectivity index (χ2v) is 6.19. The molecule has 0 aliphatic carbocycles. The zero-order valence-electron chi connectivity index (χ0n) is 14.8. The SMILES string of the molecule is COc1cc(Cl)c(C)cc1NC(=O)c1cnc(NCCN(C)C)nc1. The second kappa shape index (κ2) is 8.64. The molecule has 7 nitrogen and oxygen atoms in total. The molecule has 2 N–H and O–H groups in total. The lowest BCUT2D eigenvalue weighted by atomic mass is 10.2. The summed E-state index contributed by atoms with van der Waals surface area (Å²) in [5.74, 6) is 0.657. The molecule has 0 aliphatic heterocycles. The molecule has 0 saturated carbocycles. The van der Waals surface area contributed by atoms with Crippen LogP contribution in [0.2, 0.25) is 5.02 Å². The van der Waals surface area contributed by atoms with E-state index in [0.29, 0.717) is 28.0 Å². The minimum Gasteiger partial charge on any atom is -0.495 e. The zero-order valence-corrected chi connectivity index (χ0v) is 15.5. The Kier molecular flexibility index (Phi) is 6.55. The number of hydrogen-bond donors (Lipinski definition) is 2. The lowest BCUT2D eigenvalue weighted by molar-refractivity contribution is 0.102. The van der Waals surface area contributed by atoms with E-state index in [-0.39, 0.29) is 5.91 Å². The van der Waals surface area contributed by atoms with Gasteiger partial charge in [-0.3, -0.25) is 4.79 Å². The summed E-state index contributed by atoms with van der Waals surface area (Å²) in [4.78, 5) is 22.8. The number of nitrogens with zero attached hydrogens (tertiary/aromatic N) is 3. The van der Waals surface area contributed by atoms with Gasteiger partial charge in [0.1, 0.15) is 5.75 Å². The molecule has 134 valence electrons. The van der Waals surface area contributed by atoms with E-state index in [4.69, 9.17) is 16.3 Å². The first-order valence-corrected chi connectivity index (χ1v) is 8.14. The maximum Gasteiger partial charge on any atom is 0.258 e. The van der Waals surface area contributed by atoms with Crippen molar-refractivity contribution >= 4 is 29.1 Å². The largest absolute Gasteiger partial charge is 0.495 e. The predicted octanol–water partition coefficient (Wildman–Crippen LogP) is 2.67. The number of benzene rings is 1. The van der Waals surface area contributed by atoms with Gasteiger partial charge in [-0.15, -0.1) is 0 Å². The number of hydrogen-bond acceptors (Lipinski definition) is 6. The minimum atomic E-state index is -0.320. The molecule has 0 radical (unpaired) electrons. The Morgan fingerprint density at radius 2 is 1.96 bits per heavy atom. The first-order chi connectivity index (χ1) is 11.9. The molecule has 2 rings (SSSR count). The van der Waals surface area contributed by atoms with E-state index in [1.165, 1.54) is 19.5 Å². The van der Waals surface area contributed by atoms with Crippen LogP contribution in [0.1, 0.15) is 15.9 Å². The summed E-state index contributed by atoms with van der Waals surface area (Å²) in [5.41, 5.74) is 1.74. The Hall–Kier alpha value is -2.38. The summed E-state index contributed by atoms with van der Waals surface area (Å²) < 4.78 is 5.26. The predicted molar refractivity (Wildman–Crippen MR) is 99.8 cm³/mol. The summed E-state index contributed by atoms with van der Waals surface area (Å²) in [7, 11) is 5.50. The highest BCUT2D eigenvalue weighted by molar-refractivity contribution is 6.31. The third kappa shape index (κ3) is 5.30. The van der Waals surface area contributed by atoms with Crippen LogP contribution in [-0.4, -0.2) is 55.1 Å². The Morgan fingerprint density at radius 1 is 1.28 bits per heavy atom. The summed E-state index contributed by atoms with van der Waals surface area (Å²) >= 11 is 6.07. The molecule has 1 aromatic heterocycles. The second-order valence-electron chi connectivity index (χ2n) is 5.78. The third-order valence-electron chi connectivity index (χ3n) is 3.49. The highest BCUT2D eigenvalue weighted by atomic mass is 35.5. The number of aryl methyl sites for hydroxylation is 1. The lowest BCUT2D eigenvalue weighted by Gasteiger charge is -2.12. The molecule has 0 unspecified atom stereocenters. The Labute approximate surface area is 152 Å². The molecule has 0 saturated heterocycles. The third-order valence-corrected chi connectivity index (χ3v) is 3.89. The molecule has 0 bridgehead atoms. The number of likely N-dealkylation sites (N-methyl/N-ethyl adjacent to an activating group) is 1. The normalized spacial score (nSPS) is 10.6. The number of rotatable bonds is 7. The van der Waals surface area contributed by atoms with Crippen molar-refractivity contribution in [3.8, 4) is 5.75 Å². The number of methoxy groups -OCH3 is 1. The van der Waals surface area contributed by atoms with Gasteiger partial charge in [0.15, 0.2) is 0 Å². The van der Waals surface area contributed by atoms with Crippen molar-refractivity contribution in [3.63, 3.8) is 0 Å². The Morgan fingerprint density at radius 3 is 2.56 bits per heavy atom. The van der Waals surface area contributed by atoms with Gasteiger partial charge in [-0.25, -0.2) is 9.97 Å². The van der Waals surface area contributed by atoms with Gasteiger partial charge >= 0.3 is 0 Å². The van der Waals surface area contributed by atoms with Gasteiger partial charge in [-0.05, 0) is 32.6 Å². The molecule has 1 heterocycles. The maximum absolute atomic E-state index is 12.4.